The number of hydrogen-bond donors (Lipinski definition) is 2. The van der Waals surface area contributed by atoms with Crippen LogP contribution in [0.1, 0.15) is 43.2 Å². The molecule has 1 fully saturated rings. The van der Waals surface area contributed by atoms with Crippen LogP contribution in [0.5, 0.6) is 0 Å². The van der Waals surface area contributed by atoms with Crippen LogP contribution in [0.25, 0.3) is 0 Å². The maximum atomic E-state index is 12.3. The molecule has 1 saturated carbocycles. The molecule has 0 atom stereocenters. The number of aryl methyl sites for hydroxylation is 1. The molecule has 1 aliphatic rings. The van der Waals surface area contributed by atoms with Crippen LogP contribution in [0.3, 0.4) is 0 Å². The van der Waals surface area contributed by atoms with E-state index in [9.17, 15) is 4.79 Å². The lowest BCUT2D eigenvalue weighted by atomic mass is 9.88. The standard InChI is InChI=1S/C17H22N2O/c1-13-9-10-16(15(12-13)8-5-11-18)19-17(20)14-6-3-2-4-7-14/h9-10,12,14H,2-4,6-7,11,18H2,1H3,(H,19,20). The van der Waals surface area contributed by atoms with Crippen molar-refractivity contribution in [1.29, 1.82) is 0 Å². The number of hydrogen-bond acceptors (Lipinski definition) is 2. The van der Waals surface area contributed by atoms with Gasteiger partial charge in [-0.05, 0) is 37.5 Å². The quantitative estimate of drug-likeness (QED) is 0.812. The molecule has 0 bridgehead atoms. The van der Waals surface area contributed by atoms with Crippen molar-refractivity contribution in [3.05, 3.63) is 29.3 Å². The van der Waals surface area contributed by atoms with Crippen LogP contribution >= 0.6 is 0 Å². The van der Waals surface area contributed by atoms with E-state index in [0.717, 1.165) is 42.5 Å². The Morgan fingerprint density at radius 3 is 2.80 bits per heavy atom. The molecule has 0 heterocycles. The summed E-state index contributed by atoms with van der Waals surface area (Å²) < 4.78 is 0. The van der Waals surface area contributed by atoms with Gasteiger partial charge in [0.1, 0.15) is 0 Å². The molecule has 0 spiro atoms. The zero-order valence-corrected chi connectivity index (χ0v) is 12.0. The molecule has 3 heteroatoms. The third-order valence-electron chi connectivity index (χ3n) is 3.73. The van der Waals surface area contributed by atoms with Crippen molar-refractivity contribution in [2.24, 2.45) is 11.7 Å². The Hall–Kier alpha value is -1.79. The SMILES string of the molecule is Cc1ccc(NC(=O)C2CCCCC2)c(C#CCN)c1. The van der Waals surface area contributed by atoms with Crippen LogP contribution in [0, 0.1) is 24.7 Å². The number of nitrogens with two attached hydrogens (primary N) is 1. The van der Waals surface area contributed by atoms with Crippen LogP contribution < -0.4 is 11.1 Å². The Labute approximate surface area is 120 Å². The molecule has 2 rings (SSSR count). The number of nitrogens with one attached hydrogen (secondary N) is 1. The highest BCUT2D eigenvalue weighted by atomic mass is 16.1. The normalized spacial score (nSPS) is 15.3. The van der Waals surface area contributed by atoms with Crippen molar-refractivity contribution in [3.8, 4) is 11.8 Å². The summed E-state index contributed by atoms with van der Waals surface area (Å²) in [6, 6.07) is 5.90. The first-order chi connectivity index (χ1) is 9.70. The Kier molecular flexibility index (Phi) is 5.20. The van der Waals surface area contributed by atoms with E-state index in [0.29, 0.717) is 6.54 Å². The van der Waals surface area contributed by atoms with Gasteiger partial charge in [-0.25, -0.2) is 0 Å². The molecule has 3 N–H and O–H groups in total. The van der Waals surface area contributed by atoms with Gasteiger partial charge in [0.2, 0.25) is 5.91 Å². The van der Waals surface area contributed by atoms with Crippen molar-refractivity contribution in [2.45, 2.75) is 39.0 Å². The van der Waals surface area contributed by atoms with Gasteiger partial charge in [0, 0.05) is 11.5 Å². The van der Waals surface area contributed by atoms with E-state index in [1.54, 1.807) is 0 Å². The lowest BCUT2D eigenvalue weighted by Gasteiger charge is -2.21. The average molecular weight is 270 g/mol. The van der Waals surface area contributed by atoms with Crippen molar-refractivity contribution in [3.63, 3.8) is 0 Å². The third kappa shape index (κ3) is 3.85. The minimum absolute atomic E-state index is 0.129. The molecule has 0 unspecified atom stereocenters. The zero-order valence-electron chi connectivity index (χ0n) is 12.0. The van der Waals surface area contributed by atoms with Gasteiger partial charge in [0.25, 0.3) is 0 Å². The topological polar surface area (TPSA) is 55.1 Å². The first-order valence-electron chi connectivity index (χ1n) is 7.31. The summed E-state index contributed by atoms with van der Waals surface area (Å²) >= 11 is 0. The number of anilines is 1. The number of carbonyl (C=O) groups is 1. The molecule has 0 radical (unpaired) electrons. The fraction of sp³-hybridized carbons (Fsp3) is 0.471. The van der Waals surface area contributed by atoms with Gasteiger partial charge in [0.05, 0.1) is 12.2 Å². The third-order valence-corrected chi connectivity index (χ3v) is 3.73. The maximum Gasteiger partial charge on any atom is 0.227 e. The maximum absolute atomic E-state index is 12.3. The lowest BCUT2D eigenvalue weighted by Crippen LogP contribution is -2.25. The number of rotatable bonds is 2. The van der Waals surface area contributed by atoms with Crippen molar-refractivity contribution >= 4 is 11.6 Å². The van der Waals surface area contributed by atoms with Crippen molar-refractivity contribution in [1.82, 2.24) is 0 Å². The molecule has 1 aliphatic carbocycles. The fourth-order valence-electron chi connectivity index (χ4n) is 2.62. The Morgan fingerprint density at radius 2 is 2.10 bits per heavy atom. The fourth-order valence-corrected chi connectivity index (χ4v) is 2.62. The summed E-state index contributed by atoms with van der Waals surface area (Å²) in [6.45, 7) is 2.34. The second-order valence-corrected chi connectivity index (χ2v) is 5.38. The number of amides is 1. The molecule has 3 nitrogen and oxygen atoms in total. The van der Waals surface area contributed by atoms with E-state index >= 15 is 0 Å². The lowest BCUT2D eigenvalue weighted by molar-refractivity contribution is -0.120. The van der Waals surface area contributed by atoms with Gasteiger partial charge in [-0.1, -0.05) is 37.2 Å². The summed E-state index contributed by atoms with van der Waals surface area (Å²) in [5.41, 5.74) is 8.19. The summed E-state index contributed by atoms with van der Waals surface area (Å²) in [7, 11) is 0. The molecular formula is C17H22N2O. The molecule has 0 aromatic heterocycles. The van der Waals surface area contributed by atoms with Gasteiger partial charge in [-0.3, -0.25) is 4.79 Å². The van der Waals surface area contributed by atoms with Crippen molar-refractivity contribution < 1.29 is 4.79 Å². The number of carbonyl (C=O) groups excluding carboxylic acids is 1. The highest BCUT2D eigenvalue weighted by Crippen LogP contribution is 2.25. The minimum atomic E-state index is 0.129. The summed E-state index contributed by atoms with van der Waals surface area (Å²) in [5, 5.41) is 3.03. The van der Waals surface area contributed by atoms with Gasteiger partial charge in [-0.2, -0.15) is 0 Å². The van der Waals surface area contributed by atoms with E-state index in [1.807, 2.05) is 25.1 Å². The summed E-state index contributed by atoms with van der Waals surface area (Å²) in [6.07, 6.45) is 5.57. The highest BCUT2D eigenvalue weighted by Gasteiger charge is 2.21. The first-order valence-corrected chi connectivity index (χ1v) is 7.31. The predicted octanol–water partition coefficient (Wildman–Crippen LogP) is 2.82. The van der Waals surface area contributed by atoms with Crippen LogP contribution in [-0.4, -0.2) is 12.5 Å². The summed E-state index contributed by atoms with van der Waals surface area (Å²) in [4.78, 5) is 12.3. The largest absolute Gasteiger partial charge is 0.325 e. The van der Waals surface area contributed by atoms with E-state index in [4.69, 9.17) is 5.73 Å². The predicted molar refractivity (Wildman–Crippen MR) is 82.3 cm³/mol. The van der Waals surface area contributed by atoms with Gasteiger partial charge in [-0.15, -0.1) is 0 Å². The average Bonchev–Trinajstić information content (AvgIpc) is 2.48. The first kappa shape index (κ1) is 14.6. The summed E-state index contributed by atoms with van der Waals surface area (Å²) in [5.74, 6) is 6.17. The minimum Gasteiger partial charge on any atom is -0.325 e. The molecule has 1 aromatic rings. The second kappa shape index (κ2) is 7.12. The van der Waals surface area contributed by atoms with Gasteiger partial charge in [0.15, 0.2) is 0 Å². The van der Waals surface area contributed by atoms with Crippen LogP contribution in [0.4, 0.5) is 5.69 Å². The molecule has 1 amide bonds. The van der Waals surface area contributed by atoms with Crippen molar-refractivity contribution in [2.75, 3.05) is 11.9 Å². The molecular weight excluding hydrogens is 248 g/mol. The smallest absolute Gasteiger partial charge is 0.227 e. The van der Waals surface area contributed by atoms with E-state index in [1.165, 1.54) is 6.42 Å². The zero-order chi connectivity index (χ0) is 14.4. The van der Waals surface area contributed by atoms with E-state index in [-0.39, 0.29) is 11.8 Å². The second-order valence-electron chi connectivity index (χ2n) is 5.38. The van der Waals surface area contributed by atoms with Gasteiger partial charge < -0.3 is 11.1 Å². The Bertz CT molecular complexity index is 534. The molecule has 1 aromatic carbocycles. The monoisotopic (exact) mass is 270 g/mol. The molecule has 20 heavy (non-hydrogen) atoms. The Balaban J connectivity index is 2.13. The van der Waals surface area contributed by atoms with Gasteiger partial charge >= 0.3 is 0 Å². The van der Waals surface area contributed by atoms with Crippen LogP contribution in [-0.2, 0) is 4.79 Å². The van der Waals surface area contributed by atoms with E-state index < -0.39 is 0 Å². The Morgan fingerprint density at radius 1 is 1.35 bits per heavy atom. The van der Waals surface area contributed by atoms with E-state index in [2.05, 4.69) is 17.2 Å². The molecule has 0 saturated heterocycles. The van der Waals surface area contributed by atoms with Crippen LogP contribution in [0.15, 0.2) is 18.2 Å². The number of benzene rings is 1. The van der Waals surface area contributed by atoms with Crippen LogP contribution in [0.2, 0.25) is 0 Å². The molecule has 106 valence electrons. The molecule has 0 aliphatic heterocycles. The highest BCUT2D eigenvalue weighted by molar-refractivity contribution is 5.94.